The van der Waals surface area contributed by atoms with E-state index in [2.05, 4.69) is 30.8 Å². The average Bonchev–Trinajstić information content (AvgIpc) is 2.87. The minimum atomic E-state index is 0.121. The molecule has 0 bridgehead atoms. The molecule has 0 saturated carbocycles. The molecule has 1 atom stereocenters. The van der Waals surface area contributed by atoms with Crippen LogP contribution in [0.15, 0.2) is 23.4 Å². The van der Waals surface area contributed by atoms with E-state index < -0.39 is 0 Å². The lowest BCUT2D eigenvalue weighted by molar-refractivity contribution is 0.263. The smallest absolute Gasteiger partial charge is 0.172 e. The van der Waals surface area contributed by atoms with Crippen LogP contribution in [0.1, 0.15) is 32.8 Å². The summed E-state index contributed by atoms with van der Waals surface area (Å²) in [5.41, 5.74) is 7.72. The van der Waals surface area contributed by atoms with E-state index in [9.17, 15) is 0 Å². The van der Waals surface area contributed by atoms with Crippen LogP contribution in [0.25, 0.3) is 0 Å². The van der Waals surface area contributed by atoms with Gasteiger partial charge in [0.2, 0.25) is 0 Å². The van der Waals surface area contributed by atoms with Crippen molar-refractivity contribution in [3.05, 3.63) is 28.8 Å². The maximum atomic E-state index is 8.92. The quantitative estimate of drug-likeness (QED) is 0.381. The summed E-state index contributed by atoms with van der Waals surface area (Å²) in [5.74, 6) is 0.748. The normalized spacial score (nSPS) is 20.5. The number of benzene rings is 1. The summed E-state index contributed by atoms with van der Waals surface area (Å²) in [6.07, 6.45) is 1.14. The second-order valence-electron chi connectivity index (χ2n) is 6.44. The molecule has 1 saturated heterocycles. The van der Waals surface area contributed by atoms with E-state index in [4.69, 9.17) is 22.5 Å². The number of amidine groups is 1. The van der Waals surface area contributed by atoms with Crippen LogP contribution in [0.3, 0.4) is 0 Å². The number of anilines is 1. The van der Waals surface area contributed by atoms with Crippen LogP contribution in [0.2, 0.25) is 5.02 Å². The van der Waals surface area contributed by atoms with Crippen molar-refractivity contribution in [3.63, 3.8) is 0 Å². The van der Waals surface area contributed by atoms with Gasteiger partial charge in [-0.25, -0.2) is 0 Å². The second-order valence-corrected chi connectivity index (χ2v) is 6.88. The van der Waals surface area contributed by atoms with Crippen molar-refractivity contribution in [2.45, 2.75) is 27.2 Å². The van der Waals surface area contributed by atoms with Gasteiger partial charge in [0, 0.05) is 29.4 Å². The Labute approximate surface area is 125 Å². The number of nitrogens with zero attached hydrogens (tertiary/aromatic N) is 2. The first-order valence-corrected chi connectivity index (χ1v) is 7.23. The third kappa shape index (κ3) is 3.01. The Bertz CT molecular complexity index is 522. The third-order valence-electron chi connectivity index (χ3n) is 4.10. The standard InChI is InChI=1S/C15H22ClN3O/c1-15(2,3)10-6-7-19(9-10)13-8-11(16)4-5-12(13)14(17)18-20/h4-5,8,10,20H,6-7,9H2,1-3H3,(H2,17,18). The van der Waals surface area contributed by atoms with E-state index >= 15 is 0 Å². The predicted molar refractivity (Wildman–Crippen MR) is 83.7 cm³/mol. The van der Waals surface area contributed by atoms with Gasteiger partial charge in [0.05, 0.1) is 0 Å². The van der Waals surface area contributed by atoms with Gasteiger partial charge in [-0.15, -0.1) is 0 Å². The summed E-state index contributed by atoms with van der Waals surface area (Å²) in [4.78, 5) is 2.27. The van der Waals surface area contributed by atoms with Crippen LogP contribution in [-0.2, 0) is 0 Å². The maximum Gasteiger partial charge on any atom is 0.172 e. The number of hydrogen-bond donors (Lipinski definition) is 2. The molecule has 0 amide bonds. The van der Waals surface area contributed by atoms with Gasteiger partial charge in [-0.05, 0) is 36.0 Å². The highest BCUT2D eigenvalue weighted by molar-refractivity contribution is 6.31. The average molecular weight is 296 g/mol. The molecule has 0 aromatic heterocycles. The molecule has 20 heavy (non-hydrogen) atoms. The molecule has 1 aliphatic heterocycles. The molecule has 3 N–H and O–H groups in total. The van der Waals surface area contributed by atoms with Crippen molar-refractivity contribution in [2.24, 2.45) is 22.2 Å². The van der Waals surface area contributed by atoms with E-state index in [-0.39, 0.29) is 11.3 Å². The van der Waals surface area contributed by atoms with Crippen LogP contribution in [0.4, 0.5) is 5.69 Å². The van der Waals surface area contributed by atoms with Crippen molar-refractivity contribution in [3.8, 4) is 0 Å². The van der Waals surface area contributed by atoms with E-state index in [1.165, 1.54) is 0 Å². The Balaban J connectivity index is 2.32. The van der Waals surface area contributed by atoms with Crippen molar-refractivity contribution < 1.29 is 5.21 Å². The highest BCUT2D eigenvalue weighted by Gasteiger charge is 2.32. The Morgan fingerprint density at radius 3 is 2.70 bits per heavy atom. The molecule has 1 unspecified atom stereocenters. The van der Waals surface area contributed by atoms with Gasteiger partial charge >= 0.3 is 0 Å². The van der Waals surface area contributed by atoms with Crippen molar-refractivity contribution in [1.82, 2.24) is 0 Å². The molecule has 5 heteroatoms. The summed E-state index contributed by atoms with van der Waals surface area (Å²) >= 11 is 6.10. The first-order chi connectivity index (χ1) is 9.32. The third-order valence-corrected chi connectivity index (χ3v) is 4.33. The summed E-state index contributed by atoms with van der Waals surface area (Å²) in [6, 6.07) is 5.45. The van der Waals surface area contributed by atoms with Crippen LogP contribution >= 0.6 is 11.6 Å². The Morgan fingerprint density at radius 1 is 1.45 bits per heavy atom. The molecule has 2 rings (SSSR count). The van der Waals surface area contributed by atoms with Gasteiger partial charge in [0.15, 0.2) is 5.84 Å². The molecule has 1 aliphatic rings. The van der Waals surface area contributed by atoms with E-state index in [0.29, 0.717) is 10.9 Å². The number of hydrogen-bond acceptors (Lipinski definition) is 3. The molecule has 0 radical (unpaired) electrons. The fourth-order valence-corrected chi connectivity index (χ4v) is 2.89. The molecule has 1 aromatic carbocycles. The molecule has 0 spiro atoms. The number of nitrogens with two attached hydrogens (primary N) is 1. The minimum absolute atomic E-state index is 0.121. The maximum absolute atomic E-state index is 8.92. The number of rotatable bonds is 2. The molecule has 110 valence electrons. The van der Waals surface area contributed by atoms with Gasteiger partial charge in [0.1, 0.15) is 0 Å². The van der Waals surface area contributed by atoms with Gasteiger partial charge in [-0.2, -0.15) is 0 Å². The van der Waals surface area contributed by atoms with Gasteiger partial charge in [-0.3, -0.25) is 0 Å². The fourth-order valence-electron chi connectivity index (χ4n) is 2.72. The molecule has 1 fully saturated rings. The lowest BCUT2D eigenvalue weighted by Gasteiger charge is -2.28. The van der Waals surface area contributed by atoms with E-state index in [1.807, 2.05) is 6.07 Å². The highest BCUT2D eigenvalue weighted by atomic mass is 35.5. The summed E-state index contributed by atoms with van der Waals surface area (Å²) in [6.45, 7) is 8.74. The topological polar surface area (TPSA) is 61.8 Å². The highest BCUT2D eigenvalue weighted by Crippen LogP contribution is 2.37. The second kappa shape index (κ2) is 5.52. The minimum Gasteiger partial charge on any atom is -0.409 e. The molecule has 0 aliphatic carbocycles. The van der Waals surface area contributed by atoms with E-state index in [1.54, 1.807) is 12.1 Å². The zero-order valence-corrected chi connectivity index (χ0v) is 13.0. The molecule has 1 heterocycles. The Kier molecular flexibility index (Phi) is 4.14. The van der Waals surface area contributed by atoms with Crippen LogP contribution in [0, 0.1) is 11.3 Å². The zero-order chi connectivity index (χ0) is 14.9. The number of halogens is 1. The molecular formula is C15H22ClN3O. The van der Waals surface area contributed by atoms with Crippen LogP contribution in [-0.4, -0.2) is 24.1 Å². The lowest BCUT2D eigenvalue weighted by atomic mass is 9.80. The Hall–Kier alpha value is -1.42. The summed E-state index contributed by atoms with van der Waals surface area (Å²) in [5, 5.41) is 12.7. The van der Waals surface area contributed by atoms with E-state index in [0.717, 1.165) is 30.8 Å². The fraction of sp³-hybridized carbons (Fsp3) is 0.533. The Morgan fingerprint density at radius 2 is 2.15 bits per heavy atom. The van der Waals surface area contributed by atoms with Crippen molar-refractivity contribution in [1.29, 1.82) is 0 Å². The summed E-state index contributed by atoms with van der Waals surface area (Å²) in [7, 11) is 0. The van der Waals surface area contributed by atoms with Crippen LogP contribution < -0.4 is 10.6 Å². The molecule has 1 aromatic rings. The monoisotopic (exact) mass is 295 g/mol. The lowest BCUT2D eigenvalue weighted by Crippen LogP contribution is -2.28. The predicted octanol–water partition coefficient (Wildman–Crippen LogP) is 3.31. The van der Waals surface area contributed by atoms with Crippen molar-refractivity contribution >= 4 is 23.1 Å². The van der Waals surface area contributed by atoms with Gasteiger partial charge in [-0.1, -0.05) is 37.5 Å². The SMILES string of the molecule is CC(C)(C)C1CCN(c2cc(Cl)ccc2/C(N)=N/O)C1. The largest absolute Gasteiger partial charge is 0.409 e. The molecule has 4 nitrogen and oxygen atoms in total. The first-order valence-electron chi connectivity index (χ1n) is 6.85. The summed E-state index contributed by atoms with van der Waals surface area (Å²) < 4.78 is 0. The van der Waals surface area contributed by atoms with Gasteiger partial charge < -0.3 is 15.8 Å². The van der Waals surface area contributed by atoms with Gasteiger partial charge in [0.25, 0.3) is 0 Å². The zero-order valence-electron chi connectivity index (χ0n) is 12.2. The van der Waals surface area contributed by atoms with Crippen molar-refractivity contribution in [2.75, 3.05) is 18.0 Å². The van der Waals surface area contributed by atoms with Crippen LogP contribution in [0.5, 0.6) is 0 Å². The first kappa shape index (κ1) is 15.0. The number of oxime groups is 1. The molecular weight excluding hydrogens is 274 g/mol.